The second-order valence-corrected chi connectivity index (χ2v) is 5.16. The second-order valence-electron chi connectivity index (χ2n) is 4.01. The highest BCUT2D eigenvalue weighted by molar-refractivity contribution is 7.99. The molecule has 9 heteroatoms. The van der Waals surface area contributed by atoms with Crippen molar-refractivity contribution in [1.82, 2.24) is 9.55 Å². The van der Waals surface area contributed by atoms with Gasteiger partial charge in [0.15, 0.2) is 5.82 Å². The lowest BCUT2D eigenvalue weighted by Crippen LogP contribution is -2.34. The standard InChI is InChI=1S/C11H18N4O4S/c1-3-19-11(16)9(12)7-20-5-4-14-8(2)13-6-10(14)15(17)18/h6,9H,3-5,7,12H2,1-2H3. The number of aromatic nitrogens is 2. The maximum atomic E-state index is 11.3. The first-order chi connectivity index (χ1) is 9.47. The SMILES string of the molecule is CCOC(=O)C(N)CSCCn1c([N+](=O)[O-])cnc1C. The van der Waals surface area contributed by atoms with Crippen molar-refractivity contribution in [2.75, 3.05) is 18.1 Å². The highest BCUT2D eigenvalue weighted by Gasteiger charge is 2.18. The normalized spacial score (nSPS) is 12.2. The number of carbonyl (C=O) groups excluding carboxylic acids is 1. The number of nitro groups is 1. The third-order valence-electron chi connectivity index (χ3n) is 2.57. The number of carbonyl (C=O) groups is 1. The summed E-state index contributed by atoms with van der Waals surface area (Å²) in [4.78, 5) is 25.5. The summed E-state index contributed by atoms with van der Waals surface area (Å²) in [6.45, 7) is 4.18. The van der Waals surface area contributed by atoms with Crippen LogP contribution in [0.25, 0.3) is 0 Å². The molecule has 0 fully saturated rings. The van der Waals surface area contributed by atoms with Gasteiger partial charge < -0.3 is 20.6 Å². The first kappa shape index (κ1) is 16.4. The van der Waals surface area contributed by atoms with Gasteiger partial charge in [-0.2, -0.15) is 11.8 Å². The van der Waals surface area contributed by atoms with Crippen molar-refractivity contribution < 1.29 is 14.5 Å². The molecule has 0 aliphatic rings. The van der Waals surface area contributed by atoms with E-state index in [0.717, 1.165) is 0 Å². The summed E-state index contributed by atoms with van der Waals surface area (Å²) in [6, 6.07) is -0.668. The van der Waals surface area contributed by atoms with Crippen molar-refractivity contribution in [3.63, 3.8) is 0 Å². The Morgan fingerprint density at radius 2 is 2.40 bits per heavy atom. The Balaban J connectivity index is 2.40. The lowest BCUT2D eigenvalue weighted by Gasteiger charge is -2.09. The first-order valence-electron chi connectivity index (χ1n) is 6.13. The molecule has 0 amide bonds. The largest absolute Gasteiger partial charge is 0.465 e. The van der Waals surface area contributed by atoms with Crippen molar-refractivity contribution in [2.45, 2.75) is 26.4 Å². The molecule has 0 spiro atoms. The lowest BCUT2D eigenvalue weighted by atomic mass is 10.4. The fraction of sp³-hybridized carbons (Fsp3) is 0.636. The molecule has 0 radical (unpaired) electrons. The molecule has 0 aromatic carbocycles. The first-order valence-corrected chi connectivity index (χ1v) is 7.29. The van der Waals surface area contributed by atoms with E-state index in [1.54, 1.807) is 13.8 Å². The number of rotatable bonds is 8. The minimum absolute atomic E-state index is 0.0298. The number of hydrogen-bond donors (Lipinski definition) is 1. The average molecular weight is 302 g/mol. The molecular formula is C11H18N4O4S. The van der Waals surface area contributed by atoms with Gasteiger partial charge in [0.1, 0.15) is 18.8 Å². The van der Waals surface area contributed by atoms with E-state index in [0.29, 0.717) is 30.5 Å². The van der Waals surface area contributed by atoms with Crippen LogP contribution in [0.15, 0.2) is 6.20 Å². The predicted octanol–water partition coefficient (Wildman–Crippen LogP) is 0.723. The molecule has 0 aliphatic heterocycles. The summed E-state index contributed by atoms with van der Waals surface area (Å²) >= 11 is 1.45. The van der Waals surface area contributed by atoms with Crippen LogP contribution >= 0.6 is 11.8 Å². The minimum Gasteiger partial charge on any atom is -0.465 e. The van der Waals surface area contributed by atoms with Gasteiger partial charge in [-0.05, 0) is 11.8 Å². The van der Waals surface area contributed by atoms with E-state index in [1.165, 1.54) is 22.5 Å². The topological polar surface area (TPSA) is 113 Å². The van der Waals surface area contributed by atoms with Gasteiger partial charge >= 0.3 is 11.8 Å². The van der Waals surface area contributed by atoms with E-state index >= 15 is 0 Å². The van der Waals surface area contributed by atoms with E-state index in [2.05, 4.69) is 4.98 Å². The van der Waals surface area contributed by atoms with Gasteiger partial charge in [0.05, 0.1) is 6.61 Å². The zero-order valence-electron chi connectivity index (χ0n) is 11.4. The van der Waals surface area contributed by atoms with E-state index in [1.807, 2.05) is 0 Å². The van der Waals surface area contributed by atoms with Gasteiger partial charge in [0.25, 0.3) is 0 Å². The smallest absolute Gasteiger partial charge is 0.342 e. The Morgan fingerprint density at radius 1 is 1.70 bits per heavy atom. The van der Waals surface area contributed by atoms with Crippen molar-refractivity contribution in [2.24, 2.45) is 5.73 Å². The van der Waals surface area contributed by atoms with Crippen LogP contribution in [-0.4, -0.2) is 44.6 Å². The van der Waals surface area contributed by atoms with Crippen LogP contribution in [0.5, 0.6) is 0 Å². The number of aryl methyl sites for hydroxylation is 1. The van der Waals surface area contributed by atoms with Crippen molar-refractivity contribution >= 4 is 23.5 Å². The number of esters is 1. The number of nitrogens with two attached hydrogens (primary N) is 1. The van der Waals surface area contributed by atoms with Gasteiger partial charge in [0.2, 0.25) is 0 Å². The molecule has 2 N–H and O–H groups in total. The summed E-state index contributed by atoms with van der Waals surface area (Å²) < 4.78 is 6.33. The van der Waals surface area contributed by atoms with E-state index in [9.17, 15) is 14.9 Å². The minimum atomic E-state index is -0.668. The van der Waals surface area contributed by atoms with Crippen molar-refractivity contribution in [3.05, 3.63) is 22.1 Å². The van der Waals surface area contributed by atoms with Gasteiger partial charge in [-0.3, -0.25) is 4.79 Å². The number of ether oxygens (including phenoxy) is 1. The molecule has 1 aromatic heterocycles. The molecule has 0 saturated heterocycles. The maximum absolute atomic E-state index is 11.3. The zero-order chi connectivity index (χ0) is 15.1. The van der Waals surface area contributed by atoms with Crippen LogP contribution in [0.4, 0.5) is 5.82 Å². The van der Waals surface area contributed by atoms with Crippen molar-refractivity contribution in [1.29, 1.82) is 0 Å². The Hall–Kier alpha value is -1.61. The number of nitrogens with zero attached hydrogens (tertiary/aromatic N) is 3. The molecule has 0 bridgehead atoms. The monoisotopic (exact) mass is 302 g/mol. The molecule has 0 saturated carbocycles. The van der Waals surface area contributed by atoms with Crippen LogP contribution in [-0.2, 0) is 16.1 Å². The molecule has 1 aromatic rings. The molecule has 1 rings (SSSR count). The lowest BCUT2D eigenvalue weighted by molar-refractivity contribution is -0.392. The molecule has 20 heavy (non-hydrogen) atoms. The van der Waals surface area contributed by atoms with Gasteiger partial charge in [-0.15, -0.1) is 0 Å². The van der Waals surface area contributed by atoms with E-state index in [-0.39, 0.29) is 5.82 Å². The van der Waals surface area contributed by atoms with Crippen LogP contribution < -0.4 is 5.73 Å². The Morgan fingerprint density at radius 3 is 3.00 bits per heavy atom. The molecular weight excluding hydrogens is 284 g/mol. The molecule has 1 heterocycles. The number of imidazole rings is 1. The summed E-state index contributed by atoms with van der Waals surface area (Å²) in [6.07, 6.45) is 1.24. The Kier molecular flexibility index (Phi) is 6.46. The Labute approximate surface area is 120 Å². The molecule has 112 valence electrons. The summed E-state index contributed by atoms with van der Waals surface area (Å²) in [5.41, 5.74) is 5.65. The summed E-state index contributed by atoms with van der Waals surface area (Å²) in [5, 5.41) is 10.8. The summed E-state index contributed by atoms with van der Waals surface area (Å²) in [5.74, 6) is 1.15. The van der Waals surface area contributed by atoms with Crippen LogP contribution in [0.3, 0.4) is 0 Å². The second kappa shape index (κ2) is 7.85. The quantitative estimate of drug-likeness (QED) is 0.326. The maximum Gasteiger partial charge on any atom is 0.342 e. The van der Waals surface area contributed by atoms with Crippen molar-refractivity contribution in [3.8, 4) is 0 Å². The van der Waals surface area contributed by atoms with E-state index < -0.39 is 16.9 Å². The fourth-order valence-corrected chi connectivity index (χ4v) is 2.43. The van der Waals surface area contributed by atoms with Crippen LogP contribution in [0.2, 0.25) is 0 Å². The fourth-order valence-electron chi connectivity index (χ4n) is 1.56. The summed E-state index contributed by atoms with van der Waals surface area (Å²) in [7, 11) is 0. The van der Waals surface area contributed by atoms with Gasteiger partial charge in [-0.25, -0.2) is 9.55 Å². The third kappa shape index (κ3) is 4.49. The van der Waals surface area contributed by atoms with Gasteiger partial charge in [-0.1, -0.05) is 0 Å². The molecule has 1 unspecified atom stereocenters. The predicted molar refractivity (Wildman–Crippen MR) is 75.6 cm³/mol. The Bertz CT molecular complexity index is 477. The molecule has 8 nitrogen and oxygen atoms in total. The molecule has 1 atom stereocenters. The number of hydrogen-bond acceptors (Lipinski definition) is 7. The number of thioether (sulfide) groups is 1. The molecule has 0 aliphatic carbocycles. The highest BCUT2D eigenvalue weighted by Crippen LogP contribution is 2.15. The third-order valence-corrected chi connectivity index (χ3v) is 3.63. The average Bonchev–Trinajstić information content (AvgIpc) is 2.76. The highest BCUT2D eigenvalue weighted by atomic mass is 32.2. The zero-order valence-corrected chi connectivity index (χ0v) is 12.3. The van der Waals surface area contributed by atoms with Crippen LogP contribution in [0, 0.1) is 17.0 Å². The van der Waals surface area contributed by atoms with E-state index in [4.69, 9.17) is 10.5 Å². The van der Waals surface area contributed by atoms with Crippen LogP contribution in [0.1, 0.15) is 12.7 Å². The van der Waals surface area contributed by atoms with Gasteiger partial charge in [0, 0.05) is 18.4 Å².